The molecule has 0 unspecified atom stereocenters. The van der Waals surface area contributed by atoms with E-state index in [-0.39, 0.29) is 17.1 Å². The highest BCUT2D eigenvalue weighted by atomic mass is 32.1. The van der Waals surface area contributed by atoms with Crippen LogP contribution in [-0.4, -0.2) is 47.0 Å². The molecule has 0 atom stereocenters. The molecule has 0 saturated carbocycles. The van der Waals surface area contributed by atoms with Crippen molar-refractivity contribution in [3.63, 3.8) is 0 Å². The van der Waals surface area contributed by atoms with Crippen LogP contribution in [0, 0.1) is 0 Å². The van der Waals surface area contributed by atoms with Crippen molar-refractivity contribution in [1.82, 2.24) is 19.7 Å². The summed E-state index contributed by atoms with van der Waals surface area (Å²) >= 11 is 1.50. The number of nitrogens with zero attached hydrogens (tertiary/aromatic N) is 3. The molecule has 0 bridgehead atoms. The fourth-order valence-electron chi connectivity index (χ4n) is 3.88. The van der Waals surface area contributed by atoms with Gasteiger partial charge in [-0.3, -0.25) is 14.6 Å². The summed E-state index contributed by atoms with van der Waals surface area (Å²) in [5.74, 6) is 1.05. The van der Waals surface area contributed by atoms with Gasteiger partial charge in [-0.05, 0) is 23.6 Å². The van der Waals surface area contributed by atoms with Crippen LogP contribution >= 0.6 is 11.3 Å². The average molecular weight is 530 g/mol. The normalized spacial score (nSPS) is 10.7. The summed E-state index contributed by atoms with van der Waals surface area (Å²) in [7, 11) is 4.44. The minimum absolute atomic E-state index is 0.152. The Morgan fingerprint density at radius 1 is 0.921 bits per heavy atom. The number of aromatic nitrogens is 4. The molecule has 1 amide bonds. The van der Waals surface area contributed by atoms with Crippen LogP contribution in [0.5, 0.6) is 17.2 Å². The second kappa shape index (κ2) is 10.6. The maximum Gasteiger partial charge on any atom is 0.257 e. The number of carbonyl (C=O) groups excluding carboxylic acids is 1. The van der Waals surface area contributed by atoms with E-state index in [1.54, 1.807) is 18.2 Å². The fraction of sp³-hybridized carbons (Fsp3) is 0.111. The maximum absolute atomic E-state index is 13.4. The molecule has 3 aromatic heterocycles. The zero-order valence-electron chi connectivity index (χ0n) is 20.7. The Bertz CT molecular complexity index is 1620. The average Bonchev–Trinajstić information content (AvgIpc) is 3.63. The predicted molar refractivity (Wildman–Crippen MR) is 145 cm³/mol. The third kappa shape index (κ3) is 4.87. The second-order valence-corrected chi connectivity index (χ2v) is 8.94. The molecular weight excluding hydrogens is 506 g/mol. The zero-order valence-corrected chi connectivity index (χ0v) is 21.5. The number of amides is 1. The summed E-state index contributed by atoms with van der Waals surface area (Å²) in [4.78, 5) is 34.2. The van der Waals surface area contributed by atoms with Crippen LogP contribution in [0.25, 0.3) is 27.8 Å². The number of anilines is 1. The van der Waals surface area contributed by atoms with E-state index >= 15 is 0 Å². The number of hydrogen-bond acceptors (Lipinski definition) is 8. The van der Waals surface area contributed by atoms with Gasteiger partial charge in [0.05, 0.1) is 31.9 Å². The van der Waals surface area contributed by atoms with Gasteiger partial charge in [-0.25, -0.2) is 4.98 Å². The minimum Gasteiger partial charge on any atom is -0.493 e. The number of thiophene rings is 1. The van der Waals surface area contributed by atoms with Gasteiger partial charge in [0.15, 0.2) is 11.5 Å². The largest absolute Gasteiger partial charge is 0.493 e. The molecule has 0 spiro atoms. The van der Waals surface area contributed by atoms with Crippen molar-refractivity contribution in [2.24, 2.45) is 0 Å². The van der Waals surface area contributed by atoms with Crippen molar-refractivity contribution in [2.45, 2.75) is 0 Å². The highest BCUT2D eigenvalue weighted by Gasteiger charge is 2.21. The van der Waals surface area contributed by atoms with Crippen LogP contribution in [-0.2, 0) is 0 Å². The first-order valence-electron chi connectivity index (χ1n) is 11.4. The molecule has 38 heavy (non-hydrogen) atoms. The third-order valence-corrected chi connectivity index (χ3v) is 6.54. The SMILES string of the molecule is COc1cc(C(=O)Nc2cc(-c3cccs3)nn2-c2nc(-c3ccccc3)cc(=O)[nH]2)cc(OC)c1OC. The number of nitrogens with one attached hydrogen (secondary N) is 2. The molecule has 2 N–H and O–H groups in total. The first kappa shape index (κ1) is 24.8. The molecular formula is C27H23N5O5S. The summed E-state index contributed by atoms with van der Waals surface area (Å²) in [6, 6.07) is 19.4. The number of ether oxygens (including phenoxy) is 3. The summed E-state index contributed by atoms with van der Waals surface area (Å²) in [5.41, 5.74) is 1.76. The zero-order chi connectivity index (χ0) is 26.6. The van der Waals surface area contributed by atoms with E-state index in [2.05, 4.69) is 20.4 Å². The van der Waals surface area contributed by atoms with Gasteiger partial charge in [-0.1, -0.05) is 36.4 Å². The summed E-state index contributed by atoms with van der Waals surface area (Å²) < 4.78 is 17.5. The number of rotatable bonds is 8. The Hall–Kier alpha value is -4.90. The van der Waals surface area contributed by atoms with Crippen LogP contribution in [0.15, 0.2) is 76.9 Å². The van der Waals surface area contributed by atoms with E-state index in [0.717, 1.165) is 10.4 Å². The van der Waals surface area contributed by atoms with Gasteiger partial charge in [-0.2, -0.15) is 9.78 Å². The Morgan fingerprint density at radius 2 is 1.66 bits per heavy atom. The molecule has 0 fully saturated rings. The Kier molecular flexibility index (Phi) is 6.92. The molecule has 5 rings (SSSR count). The van der Waals surface area contributed by atoms with Crippen molar-refractivity contribution < 1.29 is 19.0 Å². The Balaban J connectivity index is 1.59. The molecule has 0 radical (unpaired) electrons. The number of hydrogen-bond donors (Lipinski definition) is 2. The molecule has 3 heterocycles. The summed E-state index contributed by atoms with van der Waals surface area (Å²) in [6.07, 6.45) is 0. The van der Waals surface area contributed by atoms with Gasteiger partial charge < -0.3 is 19.5 Å². The maximum atomic E-state index is 13.4. The van der Waals surface area contributed by atoms with E-state index in [4.69, 9.17) is 14.2 Å². The summed E-state index contributed by atoms with van der Waals surface area (Å²) in [6.45, 7) is 0. The first-order chi connectivity index (χ1) is 18.5. The van der Waals surface area contributed by atoms with E-state index in [0.29, 0.717) is 34.5 Å². The molecule has 0 aliphatic rings. The van der Waals surface area contributed by atoms with Crippen molar-refractivity contribution in [3.05, 3.63) is 88.0 Å². The van der Waals surface area contributed by atoms with E-state index in [1.165, 1.54) is 43.4 Å². The van der Waals surface area contributed by atoms with Crippen molar-refractivity contribution >= 4 is 23.1 Å². The van der Waals surface area contributed by atoms with Gasteiger partial charge in [0.1, 0.15) is 11.5 Å². The fourth-order valence-corrected chi connectivity index (χ4v) is 4.56. The minimum atomic E-state index is -0.454. The van der Waals surface area contributed by atoms with Crippen LogP contribution in [0.2, 0.25) is 0 Å². The monoisotopic (exact) mass is 529 g/mol. The number of H-pyrrole nitrogens is 1. The molecule has 0 aliphatic heterocycles. The number of benzene rings is 2. The van der Waals surface area contributed by atoms with Gasteiger partial charge in [-0.15, -0.1) is 11.3 Å². The lowest BCUT2D eigenvalue weighted by molar-refractivity contribution is 0.102. The van der Waals surface area contributed by atoms with Gasteiger partial charge in [0, 0.05) is 23.3 Å². The number of carbonyl (C=O) groups is 1. The van der Waals surface area contributed by atoms with Crippen LogP contribution in [0.4, 0.5) is 5.82 Å². The highest BCUT2D eigenvalue weighted by molar-refractivity contribution is 7.13. The van der Waals surface area contributed by atoms with Crippen molar-refractivity contribution in [1.29, 1.82) is 0 Å². The van der Waals surface area contributed by atoms with Gasteiger partial charge in [0.2, 0.25) is 11.7 Å². The molecule has 0 saturated heterocycles. The van der Waals surface area contributed by atoms with Gasteiger partial charge in [0.25, 0.3) is 11.5 Å². The van der Waals surface area contributed by atoms with Crippen molar-refractivity contribution in [3.8, 4) is 45.0 Å². The number of methoxy groups -OCH3 is 3. The Labute approximate surface area is 221 Å². The van der Waals surface area contributed by atoms with E-state index < -0.39 is 5.91 Å². The second-order valence-electron chi connectivity index (χ2n) is 7.99. The standard InChI is InChI=1S/C27H23N5O5S/c1-35-20-12-17(13-21(36-2)25(20)37-3)26(34)29-23-14-19(22-10-7-11-38-22)31-32(23)27-28-18(15-24(33)30-27)16-8-5-4-6-9-16/h4-15H,1-3H3,(H,29,34)(H,28,30,33). The molecule has 11 heteroatoms. The Morgan fingerprint density at radius 3 is 2.29 bits per heavy atom. The van der Waals surface area contributed by atoms with E-state index in [9.17, 15) is 9.59 Å². The van der Waals surface area contributed by atoms with Crippen LogP contribution < -0.4 is 25.1 Å². The van der Waals surface area contributed by atoms with Crippen LogP contribution in [0.1, 0.15) is 10.4 Å². The first-order valence-corrected chi connectivity index (χ1v) is 12.3. The lowest BCUT2D eigenvalue weighted by Gasteiger charge is -2.14. The third-order valence-electron chi connectivity index (χ3n) is 5.65. The molecule has 0 aliphatic carbocycles. The van der Waals surface area contributed by atoms with Crippen molar-refractivity contribution in [2.75, 3.05) is 26.6 Å². The lowest BCUT2D eigenvalue weighted by Crippen LogP contribution is -2.19. The quantitative estimate of drug-likeness (QED) is 0.301. The molecule has 10 nitrogen and oxygen atoms in total. The lowest BCUT2D eigenvalue weighted by atomic mass is 10.1. The summed E-state index contributed by atoms with van der Waals surface area (Å²) in [5, 5.41) is 9.46. The smallest absolute Gasteiger partial charge is 0.257 e. The van der Waals surface area contributed by atoms with Gasteiger partial charge >= 0.3 is 0 Å². The number of aromatic amines is 1. The predicted octanol–water partition coefficient (Wildman–Crippen LogP) is 4.63. The molecule has 192 valence electrons. The highest BCUT2D eigenvalue weighted by Crippen LogP contribution is 2.38. The molecule has 5 aromatic rings. The van der Waals surface area contributed by atoms with Crippen LogP contribution in [0.3, 0.4) is 0 Å². The molecule has 2 aromatic carbocycles. The van der Waals surface area contributed by atoms with E-state index in [1.807, 2.05) is 47.8 Å². The topological polar surface area (TPSA) is 120 Å².